The largest absolute Gasteiger partial charge is 0.445 e. The van der Waals surface area contributed by atoms with E-state index < -0.39 is 36.0 Å². The molecule has 1 aromatic heterocycles. The highest BCUT2D eigenvalue weighted by Gasteiger charge is 2.29. The molecule has 1 aliphatic rings. The summed E-state index contributed by atoms with van der Waals surface area (Å²) in [6.07, 6.45) is 3.51. The van der Waals surface area contributed by atoms with E-state index in [1.54, 1.807) is 10.9 Å². The Morgan fingerprint density at radius 3 is 2.69 bits per heavy atom. The first-order chi connectivity index (χ1) is 17.3. The van der Waals surface area contributed by atoms with E-state index in [0.717, 1.165) is 5.56 Å². The normalized spacial score (nSPS) is 21.6. The Kier molecular flexibility index (Phi) is 10.2. The van der Waals surface area contributed by atoms with Crippen molar-refractivity contribution < 1.29 is 24.2 Å². The van der Waals surface area contributed by atoms with Crippen LogP contribution in [0.2, 0.25) is 0 Å². The summed E-state index contributed by atoms with van der Waals surface area (Å²) >= 11 is 0. The van der Waals surface area contributed by atoms with Gasteiger partial charge in [0.25, 0.3) is 0 Å². The summed E-state index contributed by atoms with van der Waals surface area (Å²) in [5, 5.41) is 26.3. The Hall–Kier alpha value is -3.47. The van der Waals surface area contributed by atoms with Gasteiger partial charge >= 0.3 is 6.09 Å². The average Bonchev–Trinajstić information content (AvgIpc) is 3.30. The quantitative estimate of drug-likeness (QED) is 0.467. The molecule has 11 heteroatoms. The van der Waals surface area contributed by atoms with Crippen molar-refractivity contribution in [3.8, 4) is 0 Å². The van der Waals surface area contributed by atoms with Crippen LogP contribution in [-0.4, -0.2) is 62.7 Å². The highest BCUT2D eigenvalue weighted by molar-refractivity contribution is 5.91. The van der Waals surface area contributed by atoms with Crippen LogP contribution in [0, 0.1) is 5.92 Å². The van der Waals surface area contributed by atoms with E-state index >= 15 is 0 Å². The highest BCUT2D eigenvalue weighted by atomic mass is 16.5. The van der Waals surface area contributed by atoms with Gasteiger partial charge in [-0.3, -0.25) is 14.3 Å². The van der Waals surface area contributed by atoms with Crippen molar-refractivity contribution in [2.75, 3.05) is 6.61 Å². The first-order valence-corrected chi connectivity index (χ1v) is 12.4. The molecule has 36 heavy (non-hydrogen) atoms. The van der Waals surface area contributed by atoms with Crippen LogP contribution < -0.4 is 16.0 Å². The standard InChI is InChI=1S/C25H36N6O5/c1-17(2)12-22-24(34)26-20(15-32)13-19-14-31(30-29-19)11-7-6-10-21(23(33)27-22)28-25(35)36-16-18-8-4-3-5-9-18/h3-5,8-9,14,17,20-22,32H,6-7,10-13,15-16H2,1-2H3,(H,26,34)(H,27,33)(H,28,35)/t20-,21-,22-/m0/s1. The van der Waals surface area contributed by atoms with Gasteiger partial charge in [-0.2, -0.15) is 0 Å². The van der Waals surface area contributed by atoms with Gasteiger partial charge in [0.05, 0.1) is 18.3 Å². The molecule has 1 aliphatic heterocycles. The van der Waals surface area contributed by atoms with Crippen molar-refractivity contribution in [2.45, 2.75) is 77.2 Å². The number of nitrogens with zero attached hydrogens (tertiary/aromatic N) is 3. The first kappa shape index (κ1) is 27.1. The van der Waals surface area contributed by atoms with E-state index in [0.29, 0.717) is 44.3 Å². The number of nitrogens with one attached hydrogen (secondary N) is 3. The molecule has 0 saturated carbocycles. The summed E-state index contributed by atoms with van der Waals surface area (Å²) < 4.78 is 7.00. The number of aliphatic hydroxyl groups is 1. The maximum Gasteiger partial charge on any atom is 0.408 e. The number of aryl methyl sites for hydroxylation is 1. The number of amides is 3. The number of hydrogen-bond donors (Lipinski definition) is 4. The Morgan fingerprint density at radius 1 is 1.19 bits per heavy atom. The molecule has 2 heterocycles. The first-order valence-electron chi connectivity index (χ1n) is 12.4. The number of carbonyl (C=O) groups excluding carboxylic acids is 3. The molecule has 11 nitrogen and oxygen atoms in total. The lowest BCUT2D eigenvalue weighted by molar-refractivity contribution is -0.131. The van der Waals surface area contributed by atoms with Crippen LogP contribution in [0.25, 0.3) is 0 Å². The Balaban J connectivity index is 1.73. The third-order valence-corrected chi connectivity index (χ3v) is 5.90. The van der Waals surface area contributed by atoms with E-state index in [2.05, 4.69) is 26.3 Å². The summed E-state index contributed by atoms with van der Waals surface area (Å²) in [7, 11) is 0. The van der Waals surface area contributed by atoms with Gasteiger partial charge in [0, 0.05) is 19.2 Å². The van der Waals surface area contributed by atoms with Gasteiger partial charge in [0.1, 0.15) is 18.7 Å². The van der Waals surface area contributed by atoms with Crippen LogP contribution in [-0.2, 0) is 33.9 Å². The molecule has 0 unspecified atom stereocenters. The summed E-state index contributed by atoms with van der Waals surface area (Å²) in [5.41, 5.74) is 1.49. The molecule has 3 rings (SSSR count). The SMILES string of the molecule is CC(C)C[C@@H]1NC(=O)[C@@H](NC(=O)OCc2ccccc2)CCCCn2cc(nn2)C[C@@H](CO)NC1=O. The average molecular weight is 501 g/mol. The van der Waals surface area contributed by atoms with Gasteiger partial charge in [0.15, 0.2) is 0 Å². The van der Waals surface area contributed by atoms with Crippen LogP contribution in [0.5, 0.6) is 0 Å². The third-order valence-electron chi connectivity index (χ3n) is 5.90. The minimum Gasteiger partial charge on any atom is -0.445 e. The molecule has 3 amide bonds. The number of ether oxygens (including phenoxy) is 1. The summed E-state index contributed by atoms with van der Waals surface area (Å²) in [6.45, 7) is 4.29. The number of aromatic nitrogens is 3. The van der Waals surface area contributed by atoms with Crippen LogP contribution in [0.1, 0.15) is 50.8 Å². The number of rotatable bonds is 6. The lowest BCUT2D eigenvalue weighted by Gasteiger charge is -2.25. The predicted molar refractivity (Wildman–Crippen MR) is 132 cm³/mol. The molecule has 3 atom stereocenters. The van der Waals surface area contributed by atoms with Gasteiger partial charge < -0.3 is 25.8 Å². The number of hydrogen-bond acceptors (Lipinski definition) is 7. The maximum absolute atomic E-state index is 13.2. The molecule has 0 radical (unpaired) electrons. The van der Waals surface area contributed by atoms with Crippen molar-refractivity contribution >= 4 is 17.9 Å². The maximum atomic E-state index is 13.2. The minimum absolute atomic E-state index is 0.0799. The summed E-state index contributed by atoms with van der Waals surface area (Å²) in [6, 6.07) is 6.99. The van der Waals surface area contributed by atoms with Crippen molar-refractivity contribution in [1.82, 2.24) is 30.9 Å². The summed E-state index contributed by atoms with van der Waals surface area (Å²) in [5.74, 6) is -0.730. The van der Waals surface area contributed by atoms with Gasteiger partial charge in [0.2, 0.25) is 11.8 Å². The predicted octanol–water partition coefficient (Wildman–Crippen LogP) is 1.31. The molecule has 4 N–H and O–H groups in total. The second-order valence-electron chi connectivity index (χ2n) is 9.51. The lowest BCUT2D eigenvalue weighted by atomic mass is 10.0. The fourth-order valence-electron chi connectivity index (χ4n) is 4.03. The van der Waals surface area contributed by atoms with E-state index in [-0.39, 0.29) is 19.1 Å². The zero-order valence-electron chi connectivity index (χ0n) is 20.9. The van der Waals surface area contributed by atoms with Gasteiger partial charge in [-0.25, -0.2) is 4.79 Å². The Bertz CT molecular complexity index is 996. The second kappa shape index (κ2) is 13.6. The van der Waals surface area contributed by atoms with Crippen LogP contribution >= 0.6 is 0 Å². The summed E-state index contributed by atoms with van der Waals surface area (Å²) in [4.78, 5) is 38.8. The topological polar surface area (TPSA) is 147 Å². The highest BCUT2D eigenvalue weighted by Crippen LogP contribution is 2.11. The molecular formula is C25H36N6O5. The number of aliphatic hydroxyl groups excluding tert-OH is 1. The van der Waals surface area contributed by atoms with Crippen LogP contribution in [0.15, 0.2) is 36.5 Å². The third kappa shape index (κ3) is 8.63. The Labute approximate surface area is 211 Å². The molecule has 0 fully saturated rings. The lowest BCUT2D eigenvalue weighted by Crippen LogP contribution is -2.55. The second-order valence-corrected chi connectivity index (χ2v) is 9.51. The van der Waals surface area contributed by atoms with Gasteiger partial charge in [-0.15, -0.1) is 5.10 Å². The minimum atomic E-state index is -0.874. The van der Waals surface area contributed by atoms with Crippen molar-refractivity contribution in [3.63, 3.8) is 0 Å². The molecule has 2 aromatic rings. The van der Waals surface area contributed by atoms with E-state index in [9.17, 15) is 19.5 Å². The molecule has 196 valence electrons. The number of benzene rings is 1. The molecule has 0 spiro atoms. The van der Waals surface area contributed by atoms with E-state index in [4.69, 9.17) is 4.74 Å². The fourth-order valence-corrected chi connectivity index (χ4v) is 4.03. The van der Waals surface area contributed by atoms with Crippen molar-refractivity contribution in [2.24, 2.45) is 5.92 Å². The van der Waals surface area contributed by atoms with E-state index in [1.807, 2.05) is 44.2 Å². The molecular weight excluding hydrogens is 464 g/mol. The molecule has 0 aliphatic carbocycles. The molecule has 2 bridgehead atoms. The van der Waals surface area contributed by atoms with Crippen molar-refractivity contribution in [3.05, 3.63) is 47.8 Å². The zero-order valence-corrected chi connectivity index (χ0v) is 20.9. The number of fused-ring (bicyclic) bond motifs is 2. The number of alkyl carbamates (subject to hydrolysis) is 1. The van der Waals surface area contributed by atoms with Crippen LogP contribution in [0.4, 0.5) is 4.79 Å². The Morgan fingerprint density at radius 2 is 1.97 bits per heavy atom. The molecule has 1 aromatic carbocycles. The van der Waals surface area contributed by atoms with Crippen molar-refractivity contribution in [1.29, 1.82) is 0 Å². The van der Waals surface area contributed by atoms with Gasteiger partial charge in [-0.1, -0.05) is 49.4 Å². The van der Waals surface area contributed by atoms with Gasteiger partial charge in [-0.05, 0) is 37.2 Å². The van der Waals surface area contributed by atoms with E-state index in [1.165, 1.54) is 0 Å². The van der Waals surface area contributed by atoms with Crippen LogP contribution in [0.3, 0.4) is 0 Å². The number of carbonyl (C=O) groups is 3. The fraction of sp³-hybridized carbons (Fsp3) is 0.560. The molecule has 0 saturated heterocycles. The zero-order chi connectivity index (χ0) is 25.9. The smallest absolute Gasteiger partial charge is 0.408 e. The monoisotopic (exact) mass is 500 g/mol.